The summed E-state index contributed by atoms with van der Waals surface area (Å²) in [7, 11) is 0. The molecule has 1 atom stereocenters. The lowest BCUT2D eigenvalue weighted by molar-refractivity contribution is -0.130. The van der Waals surface area contributed by atoms with E-state index in [2.05, 4.69) is 16.0 Å². The van der Waals surface area contributed by atoms with Gasteiger partial charge in [-0.25, -0.2) is 4.98 Å². The summed E-state index contributed by atoms with van der Waals surface area (Å²) in [5, 5.41) is 4.29. The SMILES string of the molecule is O=C(NCCCCCc1nc2ccccc2n1Cc1ccc(Cl)cc1Cl)C1CCCO1. The van der Waals surface area contributed by atoms with Crippen molar-refractivity contribution in [3.8, 4) is 0 Å². The predicted octanol–water partition coefficient (Wildman–Crippen LogP) is 5.40. The third kappa shape index (κ3) is 5.59. The molecule has 1 unspecified atom stereocenters. The molecule has 2 heterocycles. The molecule has 0 aliphatic carbocycles. The molecular weight excluding hydrogens is 433 g/mol. The summed E-state index contributed by atoms with van der Waals surface area (Å²) < 4.78 is 7.66. The van der Waals surface area contributed by atoms with Crippen LogP contribution in [0.25, 0.3) is 11.0 Å². The normalized spacial score (nSPS) is 16.1. The zero-order valence-electron chi connectivity index (χ0n) is 17.4. The number of hydrogen-bond donors (Lipinski definition) is 1. The highest BCUT2D eigenvalue weighted by Crippen LogP contribution is 2.25. The lowest BCUT2D eigenvalue weighted by Crippen LogP contribution is -2.34. The fraction of sp³-hybridized carbons (Fsp3) is 0.417. The van der Waals surface area contributed by atoms with Crippen molar-refractivity contribution in [2.24, 2.45) is 0 Å². The molecule has 7 heteroatoms. The average Bonchev–Trinajstić information content (AvgIpc) is 3.41. The van der Waals surface area contributed by atoms with E-state index in [0.29, 0.717) is 29.7 Å². The molecule has 1 amide bonds. The third-order valence-electron chi connectivity index (χ3n) is 5.68. The van der Waals surface area contributed by atoms with Gasteiger partial charge in [-0.3, -0.25) is 4.79 Å². The van der Waals surface area contributed by atoms with Crippen LogP contribution in [0.15, 0.2) is 42.5 Å². The van der Waals surface area contributed by atoms with Crippen molar-refractivity contribution in [1.82, 2.24) is 14.9 Å². The van der Waals surface area contributed by atoms with Gasteiger partial charge in [0.2, 0.25) is 5.91 Å². The Balaban J connectivity index is 1.35. The number of benzene rings is 2. The largest absolute Gasteiger partial charge is 0.368 e. The van der Waals surface area contributed by atoms with E-state index in [4.69, 9.17) is 32.9 Å². The first-order chi connectivity index (χ1) is 15.1. The number of unbranched alkanes of at least 4 members (excludes halogenated alkanes) is 2. The van der Waals surface area contributed by atoms with Crippen LogP contribution in [0.1, 0.15) is 43.5 Å². The molecule has 0 radical (unpaired) electrons. The second-order valence-electron chi connectivity index (χ2n) is 7.94. The van der Waals surface area contributed by atoms with Crippen molar-refractivity contribution in [2.45, 2.75) is 51.2 Å². The fourth-order valence-electron chi connectivity index (χ4n) is 4.01. The molecule has 0 saturated carbocycles. The molecule has 31 heavy (non-hydrogen) atoms. The zero-order chi connectivity index (χ0) is 21.6. The van der Waals surface area contributed by atoms with Gasteiger partial charge in [0.25, 0.3) is 0 Å². The minimum Gasteiger partial charge on any atom is -0.368 e. The second kappa shape index (κ2) is 10.5. The number of fused-ring (bicyclic) bond motifs is 1. The first-order valence-electron chi connectivity index (χ1n) is 10.9. The van der Waals surface area contributed by atoms with Gasteiger partial charge in [0.15, 0.2) is 0 Å². The molecule has 1 aliphatic heterocycles. The Kier molecular flexibility index (Phi) is 7.49. The van der Waals surface area contributed by atoms with Gasteiger partial charge >= 0.3 is 0 Å². The fourth-order valence-corrected chi connectivity index (χ4v) is 4.48. The van der Waals surface area contributed by atoms with Gasteiger partial charge in [-0.05, 0) is 55.5 Å². The summed E-state index contributed by atoms with van der Waals surface area (Å²) in [5.74, 6) is 1.08. The van der Waals surface area contributed by atoms with Crippen LogP contribution in [0.4, 0.5) is 0 Å². The van der Waals surface area contributed by atoms with Crippen LogP contribution in [-0.2, 0) is 22.5 Å². The summed E-state index contributed by atoms with van der Waals surface area (Å²) in [4.78, 5) is 16.9. The minimum atomic E-state index is -0.250. The molecule has 5 nitrogen and oxygen atoms in total. The number of nitrogens with one attached hydrogen (secondary N) is 1. The van der Waals surface area contributed by atoms with E-state index < -0.39 is 0 Å². The summed E-state index contributed by atoms with van der Waals surface area (Å²) in [5.41, 5.74) is 3.12. The molecule has 164 valence electrons. The number of halogens is 2. The van der Waals surface area contributed by atoms with Crippen LogP contribution in [-0.4, -0.2) is 34.7 Å². The zero-order valence-corrected chi connectivity index (χ0v) is 19.0. The van der Waals surface area contributed by atoms with Crippen LogP contribution in [0.2, 0.25) is 10.0 Å². The number of amides is 1. The van der Waals surface area contributed by atoms with Gasteiger partial charge in [0.05, 0.1) is 17.6 Å². The van der Waals surface area contributed by atoms with Gasteiger partial charge < -0.3 is 14.6 Å². The molecule has 3 aromatic rings. The highest BCUT2D eigenvalue weighted by molar-refractivity contribution is 6.35. The predicted molar refractivity (Wildman–Crippen MR) is 125 cm³/mol. The number of para-hydroxylation sites is 2. The molecule has 2 aromatic carbocycles. The Morgan fingerprint density at radius 2 is 2.03 bits per heavy atom. The number of aryl methyl sites for hydroxylation is 1. The number of ether oxygens (including phenoxy) is 1. The molecule has 1 aromatic heterocycles. The number of imidazole rings is 1. The minimum absolute atomic E-state index is 0.0270. The van der Waals surface area contributed by atoms with E-state index >= 15 is 0 Å². The van der Waals surface area contributed by atoms with Crippen molar-refractivity contribution in [3.05, 3.63) is 63.9 Å². The first-order valence-corrected chi connectivity index (χ1v) is 11.6. The van der Waals surface area contributed by atoms with Crippen LogP contribution >= 0.6 is 23.2 Å². The maximum atomic E-state index is 12.0. The Labute approximate surface area is 192 Å². The van der Waals surface area contributed by atoms with Crippen molar-refractivity contribution in [1.29, 1.82) is 0 Å². The number of carbonyl (C=O) groups is 1. The van der Waals surface area contributed by atoms with E-state index in [9.17, 15) is 4.79 Å². The number of nitrogens with zero attached hydrogens (tertiary/aromatic N) is 2. The molecular formula is C24H27Cl2N3O2. The van der Waals surface area contributed by atoms with Crippen LogP contribution in [0.5, 0.6) is 0 Å². The average molecular weight is 460 g/mol. The lowest BCUT2D eigenvalue weighted by Gasteiger charge is -2.12. The van der Waals surface area contributed by atoms with Crippen molar-refractivity contribution in [3.63, 3.8) is 0 Å². The molecule has 4 rings (SSSR count). The van der Waals surface area contributed by atoms with Gasteiger partial charge in [-0.15, -0.1) is 0 Å². The van der Waals surface area contributed by atoms with E-state index in [0.717, 1.165) is 60.9 Å². The maximum Gasteiger partial charge on any atom is 0.249 e. The first kappa shape index (κ1) is 22.1. The lowest BCUT2D eigenvalue weighted by atomic mass is 10.1. The Hall–Kier alpha value is -2.08. The number of carbonyl (C=O) groups excluding carboxylic acids is 1. The van der Waals surface area contributed by atoms with E-state index in [1.165, 1.54) is 0 Å². The van der Waals surface area contributed by atoms with Crippen LogP contribution < -0.4 is 5.32 Å². The Bertz CT molecular complexity index is 1040. The topological polar surface area (TPSA) is 56.2 Å². The number of hydrogen-bond acceptors (Lipinski definition) is 3. The second-order valence-corrected chi connectivity index (χ2v) is 8.79. The Morgan fingerprint density at radius 3 is 2.84 bits per heavy atom. The van der Waals surface area contributed by atoms with Crippen molar-refractivity contribution in [2.75, 3.05) is 13.2 Å². The molecule has 1 aliphatic rings. The maximum absolute atomic E-state index is 12.0. The van der Waals surface area contributed by atoms with E-state index in [-0.39, 0.29) is 12.0 Å². The molecule has 1 N–H and O–H groups in total. The van der Waals surface area contributed by atoms with Crippen molar-refractivity contribution >= 4 is 40.1 Å². The standard InChI is InChI=1S/C24H27Cl2N3O2/c25-18-12-11-17(19(26)15-18)16-29-21-8-4-3-7-20(21)28-23(29)10-2-1-5-13-27-24(30)22-9-6-14-31-22/h3-4,7-8,11-12,15,22H,1-2,5-6,9-10,13-14,16H2,(H,27,30). The molecule has 1 saturated heterocycles. The monoisotopic (exact) mass is 459 g/mol. The third-order valence-corrected chi connectivity index (χ3v) is 6.26. The quantitative estimate of drug-likeness (QED) is 0.435. The van der Waals surface area contributed by atoms with Crippen molar-refractivity contribution < 1.29 is 9.53 Å². The van der Waals surface area contributed by atoms with Gasteiger partial charge in [0.1, 0.15) is 11.9 Å². The summed E-state index contributed by atoms with van der Waals surface area (Å²) in [6, 6.07) is 13.8. The van der Waals surface area contributed by atoms with E-state index in [1.807, 2.05) is 30.3 Å². The van der Waals surface area contributed by atoms with E-state index in [1.54, 1.807) is 6.07 Å². The van der Waals surface area contributed by atoms with Gasteiger partial charge in [-0.2, -0.15) is 0 Å². The number of rotatable bonds is 9. The summed E-state index contributed by atoms with van der Waals surface area (Å²) in [6.07, 6.45) is 5.41. The highest BCUT2D eigenvalue weighted by Gasteiger charge is 2.22. The number of aromatic nitrogens is 2. The van der Waals surface area contributed by atoms with Gasteiger partial charge in [0, 0.05) is 29.6 Å². The molecule has 1 fully saturated rings. The Morgan fingerprint density at radius 1 is 1.16 bits per heavy atom. The summed E-state index contributed by atoms with van der Waals surface area (Å²) >= 11 is 12.5. The van der Waals surface area contributed by atoms with Gasteiger partial charge in [-0.1, -0.05) is 47.8 Å². The van der Waals surface area contributed by atoms with Crippen LogP contribution in [0.3, 0.4) is 0 Å². The smallest absolute Gasteiger partial charge is 0.249 e. The summed E-state index contributed by atoms with van der Waals surface area (Å²) in [6.45, 7) is 2.04. The molecule has 0 bridgehead atoms. The van der Waals surface area contributed by atoms with Crippen LogP contribution in [0, 0.1) is 0 Å². The molecule has 0 spiro atoms. The highest BCUT2D eigenvalue weighted by atomic mass is 35.5.